The van der Waals surface area contributed by atoms with Crippen LogP contribution in [0, 0.1) is 142 Å². The minimum atomic E-state index is 0.301. The van der Waals surface area contributed by atoms with Crippen LogP contribution in [-0.4, -0.2) is 50.8 Å². The molecule has 0 heterocycles. The van der Waals surface area contributed by atoms with Crippen molar-refractivity contribution in [2.24, 2.45) is 142 Å². The Morgan fingerprint density at radius 1 is 0.204 bits per heavy atom. The lowest BCUT2D eigenvalue weighted by molar-refractivity contribution is -0.0895. The summed E-state index contributed by atoms with van der Waals surface area (Å²) >= 11 is 0. The van der Waals surface area contributed by atoms with E-state index in [9.17, 15) is 0 Å². The van der Waals surface area contributed by atoms with Crippen molar-refractivity contribution in [1.29, 1.82) is 0 Å². The Morgan fingerprint density at radius 2 is 0.459 bits per heavy atom. The van der Waals surface area contributed by atoms with Gasteiger partial charge in [0, 0.05) is 50.1 Å². The summed E-state index contributed by atoms with van der Waals surface area (Å²) in [5, 5.41) is 0. The smallest absolute Gasteiger partial charge is 0.0645 e. The van der Waals surface area contributed by atoms with Crippen LogP contribution in [0.15, 0.2) is 48.6 Å². The first-order valence-electron chi connectivity index (χ1n) is 45.8. The highest BCUT2D eigenvalue weighted by Gasteiger charge is 2.55. The van der Waals surface area contributed by atoms with Crippen LogP contribution in [0.4, 0.5) is 0 Å². The fraction of sp³-hybridized carbons (Fsp3) is 0.915. The van der Waals surface area contributed by atoms with Gasteiger partial charge in [-0.1, -0.05) is 216 Å². The monoisotopic (exact) mass is 1350 g/mol. The summed E-state index contributed by atoms with van der Waals surface area (Å²) in [5.41, 5.74) is 0. The largest absolute Gasteiger partial charge is 0.378 e. The Morgan fingerprint density at radius 3 is 0.765 bits per heavy atom. The van der Waals surface area contributed by atoms with Gasteiger partial charge in [-0.2, -0.15) is 0 Å². The van der Waals surface area contributed by atoms with E-state index in [4.69, 9.17) is 18.9 Å². The quantitative estimate of drug-likeness (QED) is 0.0578. The molecule has 0 aliphatic heterocycles. The van der Waals surface area contributed by atoms with Crippen molar-refractivity contribution >= 4 is 0 Å². The Hall–Kier alpha value is -1.20. The van der Waals surface area contributed by atoms with Crippen molar-refractivity contribution in [2.75, 3.05) is 26.4 Å². The van der Waals surface area contributed by atoms with Crippen molar-refractivity contribution in [3.63, 3.8) is 0 Å². The molecule has 0 aromatic heterocycles. The molecule has 22 atom stereocenters. The van der Waals surface area contributed by atoms with E-state index in [1.165, 1.54) is 270 Å². The summed E-state index contributed by atoms with van der Waals surface area (Å²) in [6.45, 7) is 3.80. The number of allylic oxidation sites excluding steroid dienone is 4. The number of hydrogen-bond donors (Lipinski definition) is 0. The molecule has 0 aromatic carbocycles. The van der Waals surface area contributed by atoms with E-state index < -0.39 is 0 Å². The molecule has 0 radical (unpaired) electrons. The first-order valence-corrected chi connectivity index (χ1v) is 45.8. The van der Waals surface area contributed by atoms with Crippen LogP contribution in [0.25, 0.3) is 0 Å². The zero-order valence-corrected chi connectivity index (χ0v) is 63.4. The van der Waals surface area contributed by atoms with Gasteiger partial charge >= 0.3 is 0 Å². The van der Waals surface area contributed by atoms with Crippen LogP contribution in [0.5, 0.6) is 0 Å². The molecule has 0 spiro atoms. The van der Waals surface area contributed by atoms with Crippen LogP contribution >= 0.6 is 0 Å². The highest BCUT2D eigenvalue weighted by atomic mass is 16.5. The third kappa shape index (κ3) is 18.8. The molecule has 98 heavy (non-hydrogen) atoms. The van der Waals surface area contributed by atoms with Crippen LogP contribution in [0.1, 0.15) is 347 Å². The lowest BCUT2D eigenvalue weighted by Gasteiger charge is -2.59. The van der Waals surface area contributed by atoms with Gasteiger partial charge in [0.2, 0.25) is 0 Å². The second kappa shape index (κ2) is 36.9. The van der Waals surface area contributed by atoms with Gasteiger partial charge in [0.25, 0.3) is 0 Å². The van der Waals surface area contributed by atoms with Gasteiger partial charge in [-0.05, 0) is 298 Å². The Kier molecular flexibility index (Phi) is 27.2. The molecule has 15 aliphatic carbocycles. The molecule has 0 saturated heterocycles. The fourth-order valence-electron chi connectivity index (χ4n) is 28.1. The maximum absolute atomic E-state index is 7.34. The lowest BCUT2D eigenvalue weighted by atomic mass is 9.46. The molecule has 4 heteroatoms. The Labute approximate surface area is 603 Å². The van der Waals surface area contributed by atoms with Gasteiger partial charge in [0.15, 0.2) is 0 Å². The topological polar surface area (TPSA) is 36.9 Å². The minimum absolute atomic E-state index is 0.301. The highest BCUT2D eigenvalue weighted by molar-refractivity contribution is 5.13. The van der Waals surface area contributed by atoms with Crippen molar-refractivity contribution in [3.8, 4) is 0 Å². The average molecular weight is 1350 g/mol. The molecule has 0 bridgehead atoms. The van der Waals surface area contributed by atoms with Crippen LogP contribution in [0.3, 0.4) is 0 Å². The molecular formula is C94H152O4. The fourth-order valence-corrected chi connectivity index (χ4v) is 28.1. The maximum atomic E-state index is 7.34. The first kappa shape index (κ1) is 72.4. The predicted octanol–water partition coefficient (Wildman–Crippen LogP) is 25.8. The molecule has 15 rings (SSSR count). The van der Waals surface area contributed by atoms with E-state index >= 15 is 0 Å². The van der Waals surface area contributed by atoms with Gasteiger partial charge < -0.3 is 18.9 Å². The third-order valence-corrected chi connectivity index (χ3v) is 33.3. The summed E-state index contributed by atoms with van der Waals surface area (Å²) in [5.74, 6) is 20.8. The summed E-state index contributed by atoms with van der Waals surface area (Å²) in [7, 11) is 0. The number of rotatable bonds is 28. The van der Waals surface area contributed by atoms with Crippen molar-refractivity contribution in [1.82, 2.24) is 0 Å². The summed E-state index contributed by atoms with van der Waals surface area (Å²) in [4.78, 5) is 0. The molecule has 4 nitrogen and oxygen atoms in total. The van der Waals surface area contributed by atoms with Crippen molar-refractivity contribution in [3.05, 3.63) is 48.6 Å². The molecular weight excluding hydrogens is 1190 g/mol. The molecule has 15 aliphatic rings. The van der Waals surface area contributed by atoms with Gasteiger partial charge in [-0.3, -0.25) is 0 Å². The number of hydrogen-bond acceptors (Lipinski definition) is 4. The third-order valence-electron chi connectivity index (χ3n) is 33.3. The van der Waals surface area contributed by atoms with Crippen molar-refractivity contribution < 1.29 is 18.9 Å². The van der Waals surface area contributed by atoms with E-state index in [2.05, 4.69) is 48.6 Å². The number of ether oxygens (including phenoxy) is 4. The van der Waals surface area contributed by atoms with Gasteiger partial charge in [-0.15, -0.1) is 0 Å². The predicted molar refractivity (Wildman–Crippen MR) is 409 cm³/mol. The molecule has 0 amide bonds. The van der Waals surface area contributed by atoms with E-state index in [0.717, 1.165) is 159 Å². The maximum Gasteiger partial charge on any atom is 0.0645 e. The normalized spacial score (nSPS) is 43.2. The second-order valence-corrected chi connectivity index (χ2v) is 38.9. The standard InChI is InChI=1S/C94H152O4/c1-5-19-67(20-6-1)27-15-59-95-87-65-83(53-45-73-43-47-79-51-49-75-31-13-33-77-55-57-85(73)93(79)91(75)77)89(97-61-17-29-69-23-9-3-10-24-69)63-81(87)41-39-71-35-37-72(38-36-71)40-42-82-64-90(98-62-18-30-70-25-11-4-12-26-70)84(66-88(82)96-60-16-28-68-21-7-2-8-22-68)54-46-74-44-48-80-52-50-76-32-14-34-78-56-58-86(74)94(80)92(76)78/h39-42,45-46,53-54,67-94H,1-38,43-44,47-52,55-66H2. The van der Waals surface area contributed by atoms with Gasteiger partial charge in [0.1, 0.15) is 0 Å². The molecule has 22 unspecified atom stereocenters. The van der Waals surface area contributed by atoms with E-state index in [1.807, 2.05) is 0 Å². The summed E-state index contributed by atoms with van der Waals surface area (Å²) < 4.78 is 29.3. The molecule has 0 N–H and O–H groups in total. The Balaban J connectivity index is 0.615. The van der Waals surface area contributed by atoms with Gasteiger partial charge in [-0.25, -0.2) is 0 Å². The molecule has 0 aromatic rings. The zero-order valence-electron chi connectivity index (χ0n) is 63.4. The van der Waals surface area contributed by atoms with Crippen LogP contribution in [-0.2, 0) is 18.9 Å². The minimum Gasteiger partial charge on any atom is -0.378 e. The van der Waals surface area contributed by atoms with E-state index in [0.29, 0.717) is 59.9 Å². The van der Waals surface area contributed by atoms with Gasteiger partial charge in [0.05, 0.1) is 24.4 Å². The van der Waals surface area contributed by atoms with Crippen LogP contribution < -0.4 is 0 Å². The average Bonchev–Trinajstić information content (AvgIpc) is 0.749. The second-order valence-electron chi connectivity index (χ2n) is 38.9. The summed E-state index contributed by atoms with van der Waals surface area (Å²) in [6.07, 6.45) is 100. The van der Waals surface area contributed by atoms with E-state index in [1.54, 1.807) is 51.4 Å². The zero-order chi connectivity index (χ0) is 65.7. The Bertz CT molecular complexity index is 2250. The molecule has 15 saturated carbocycles. The van der Waals surface area contributed by atoms with Crippen molar-refractivity contribution in [2.45, 2.75) is 371 Å². The first-order chi connectivity index (χ1) is 48.6. The molecule has 15 fully saturated rings. The van der Waals surface area contributed by atoms with E-state index in [-0.39, 0.29) is 0 Å². The SMILES string of the molecule is C(=CC1CC(OCCCC2CCCCC2)C(C=CC2CCC3CCC4CCCC5CCC2C3C45)CC1OCCCC1CCCCC1)C1CCC(C=CC2CC(OCCCC3CCCCC3)C(C=CC3CCC4CCC5CCCC6CCC3C4C56)CC2OCCCC2CCCCC2)CC1. The highest BCUT2D eigenvalue weighted by Crippen LogP contribution is 2.63. The lowest BCUT2D eigenvalue weighted by Crippen LogP contribution is -2.51. The van der Waals surface area contributed by atoms with Crippen LogP contribution in [0.2, 0.25) is 0 Å². The molecule has 552 valence electrons. The summed E-state index contributed by atoms with van der Waals surface area (Å²) in [6, 6.07) is 0.